The van der Waals surface area contributed by atoms with E-state index >= 15 is 0 Å². The predicted octanol–water partition coefficient (Wildman–Crippen LogP) is 2.12. The minimum Gasteiger partial charge on any atom is -0.490 e. The molecule has 2 aliphatic heterocycles. The number of hydrogen-bond donors (Lipinski definition) is 1. The van der Waals surface area contributed by atoms with Gasteiger partial charge in [0.15, 0.2) is 0 Å². The Balaban J connectivity index is 1.63. The van der Waals surface area contributed by atoms with Crippen LogP contribution in [0.4, 0.5) is 0 Å². The van der Waals surface area contributed by atoms with E-state index < -0.39 is 0 Å². The van der Waals surface area contributed by atoms with Gasteiger partial charge in [0.25, 0.3) is 0 Å². The summed E-state index contributed by atoms with van der Waals surface area (Å²) in [5, 5.41) is 3.16. The van der Waals surface area contributed by atoms with Crippen LogP contribution in [0.1, 0.15) is 24.8 Å². The molecule has 1 aromatic rings. The van der Waals surface area contributed by atoms with Gasteiger partial charge in [0.05, 0.1) is 18.8 Å². The van der Waals surface area contributed by atoms with E-state index in [0.29, 0.717) is 6.61 Å². The fourth-order valence-corrected chi connectivity index (χ4v) is 3.07. The number of hydrogen-bond acceptors (Lipinski definition) is 4. The van der Waals surface area contributed by atoms with Crippen LogP contribution in [0.2, 0.25) is 0 Å². The zero-order valence-electron chi connectivity index (χ0n) is 12.1. The molecule has 2 aliphatic rings. The van der Waals surface area contributed by atoms with Crippen LogP contribution in [0.3, 0.4) is 0 Å². The number of rotatable bonds is 4. The van der Waals surface area contributed by atoms with Crippen LogP contribution >= 0.6 is 0 Å². The molecule has 0 aliphatic carbocycles. The first-order valence-electron chi connectivity index (χ1n) is 7.42. The van der Waals surface area contributed by atoms with E-state index in [1.54, 1.807) is 0 Å². The smallest absolute Gasteiger partial charge is 0.120 e. The lowest BCUT2D eigenvalue weighted by atomic mass is 9.91. The third-order valence-corrected chi connectivity index (χ3v) is 4.10. The molecule has 0 aromatic heterocycles. The van der Waals surface area contributed by atoms with Gasteiger partial charge >= 0.3 is 0 Å². The molecule has 1 aromatic carbocycles. The Labute approximate surface area is 120 Å². The highest BCUT2D eigenvalue weighted by atomic mass is 16.6. The maximum absolute atomic E-state index is 6.17. The number of ether oxygens (including phenoxy) is 3. The third-order valence-electron chi connectivity index (χ3n) is 4.10. The molecule has 2 atom stereocenters. The Morgan fingerprint density at radius 2 is 2.35 bits per heavy atom. The van der Waals surface area contributed by atoms with Crippen LogP contribution < -0.4 is 10.1 Å². The summed E-state index contributed by atoms with van der Waals surface area (Å²) in [4.78, 5) is 0. The molecule has 1 N–H and O–H groups in total. The third kappa shape index (κ3) is 3.14. The van der Waals surface area contributed by atoms with Gasteiger partial charge < -0.3 is 19.5 Å². The molecule has 1 spiro atoms. The second-order valence-electron chi connectivity index (χ2n) is 5.74. The van der Waals surface area contributed by atoms with Crippen molar-refractivity contribution >= 4 is 0 Å². The molecule has 110 valence electrons. The molecule has 4 heteroatoms. The van der Waals surface area contributed by atoms with Gasteiger partial charge in [-0.1, -0.05) is 12.1 Å². The quantitative estimate of drug-likeness (QED) is 0.915. The van der Waals surface area contributed by atoms with Crippen LogP contribution in [-0.2, 0) is 16.0 Å². The summed E-state index contributed by atoms with van der Waals surface area (Å²) in [5.41, 5.74) is 1.15. The lowest BCUT2D eigenvalue weighted by molar-refractivity contribution is -0.112. The van der Waals surface area contributed by atoms with Crippen LogP contribution in [0.15, 0.2) is 24.3 Å². The molecule has 4 nitrogen and oxygen atoms in total. The van der Waals surface area contributed by atoms with Crippen LogP contribution in [-0.4, -0.2) is 38.6 Å². The first kappa shape index (κ1) is 13.9. The first-order chi connectivity index (χ1) is 9.80. The van der Waals surface area contributed by atoms with Crippen molar-refractivity contribution < 1.29 is 14.2 Å². The monoisotopic (exact) mass is 277 g/mol. The van der Waals surface area contributed by atoms with Gasteiger partial charge in [-0.3, -0.25) is 0 Å². The molecule has 2 saturated heterocycles. The van der Waals surface area contributed by atoms with Crippen LogP contribution in [0, 0.1) is 0 Å². The molecule has 2 fully saturated rings. The van der Waals surface area contributed by atoms with E-state index in [1.165, 1.54) is 5.56 Å². The maximum atomic E-state index is 6.17. The second-order valence-corrected chi connectivity index (χ2v) is 5.74. The highest BCUT2D eigenvalue weighted by Gasteiger charge is 2.41. The maximum Gasteiger partial charge on any atom is 0.120 e. The minimum absolute atomic E-state index is 0.0918. The van der Waals surface area contributed by atoms with Crippen molar-refractivity contribution in [2.45, 2.75) is 37.5 Å². The van der Waals surface area contributed by atoms with E-state index in [0.717, 1.165) is 44.8 Å². The van der Waals surface area contributed by atoms with Crippen LogP contribution in [0.5, 0.6) is 5.75 Å². The Morgan fingerprint density at radius 1 is 1.40 bits per heavy atom. The molecule has 2 heterocycles. The fraction of sp³-hybridized carbons (Fsp3) is 0.625. The average Bonchev–Trinajstić information content (AvgIpc) is 2.87. The molecule has 0 radical (unpaired) electrons. The number of nitrogens with one attached hydrogen (secondary N) is 1. The van der Waals surface area contributed by atoms with Gasteiger partial charge in [-0.25, -0.2) is 0 Å². The van der Waals surface area contributed by atoms with Crippen molar-refractivity contribution in [3.63, 3.8) is 0 Å². The SMILES string of the molecule is CNCc1cccc(OC2CCOC3(CCOC3)C2)c1. The fourth-order valence-electron chi connectivity index (χ4n) is 3.07. The summed E-state index contributed by atoms with van der Waals surface area (Å²) in [6, 6.07) is 8.31. The summed E-state index contributed by atoms with van der Waals surface area (Å²) in [5.74, 6) is 0.957. The highest BCUT2D eigenvalue weighted by molar-refractivity contribution is 5.28. The zero-order valence-corrected chi connectivity index (χ0v) is 12.1. The van der Waals surface area contributed by atoms with E-state index in [2.05, 4.69) is 23.5 Å². The van der Waals surface area contributed by atoms with Crippen molar-refractivity contribution in [3.8, 4) is 5.75 Å². The lowest BCUT2D eigenvalue weighted by Gasteiger charge is -2.37. The molecule has 3 rings (SSSR count). The summed E-state index contributed by atoms with van der Waals surface area (Å²) in [6.07, 6.45) is 3.11. The van der Waals surface area contributed by atoms with Gasteiger partial charge in [0.2, 0.25) is 0 Å². The lowest BCUT2D eigenvalue weighted by Crippen LogP contribution is -2.44. The average molecular weight is 277 g/mol. The molecule has 20 heavy (non-hydrogen) atoms. The van der Waals surface area contributed by atoms with Gasteiger partial charge in [0, 0.05) is 32.4 Å². The van der Waals surface area contributed by atoms with Gasteiger partial charge in [-0.2, -0.15) is 0 Å². The zero-order chi connectivity index (χ0) is 13.8. The van der Waals surface area contributed by atoms with E-state index in [-0.39, 0.29) is 11.7 Å². The predicted molar refractivity (Wildman–Crippen MR) is 77.0 cm³/mol. The van der Waals surface area contributed by atoms with Crippen molar-refractivity contribution in [2.24, 2.45) is 0 Å². The topological polar surface area (TPSA) is 39.7 Å². The Hall–Kier alpha value is -1.10. The molecular weight excluding hydrogens is 254 g/mol. The molecule has 0 saturated carbocycles. The molecular formula is C16H23NO3. The van der Waals surface area contributed by atoms with Gasteiger partial charge in [-0.15, -0.1) is 0 Å². The van der Waals surface area contributed by atoms with E-state index in [9.17, 15) is 0 Å². The molecule has 2 unspecified atom stereocenters. The Kier molecular flexibility index (Phi) is 4.24. The largest absolute Gasteiger partial charge is 0.490 e. The molecule has 0 bridgehead atoms. The first-order valence-corrected chi connectivity index (χ1v) is 7.42. The summed E-state index contributed by atoms with van der Waals surface area (Å²) in [7, 11) is 1.95. The summed E-state index contributed by atoms with van der Waals surface area (Å²) >= 11 is 0. The normalized spacial score (nSPS) is 29.8. The van der Waals surface area contributed by atoms with Crippen molar-refractivity contribution in [1.29, 1.82) is 0 Å². The van der Waals surface area contributed by atoms with Crippen molar-refractivity contribution in [3.05, 3.63) is 29.8 Å². The van der Waals surface area contributed by atoms with Gasteiger partial charge in [-0.05, 0) is 24.7 Å². The second kappa shape index (κ2) is 6.12. The Bertz CT molecular complexity index is 443. The van der Waals surface area contributed by atoms with Gasteiger partial charge in [0.1, 0.15) is 11.9 Å². The highest BCUT2D eigenvalue weighted by Crippen LogP contribution is 2.34. The van der Waals surface area contributed by atoms with Crippen molar-refractivity contribution in [1.82, 2.24) is 5.32 Å². The number of benzene rings is 1. The van der Waals surface area contributed by atoms with Crippen LogP contribution in [0.25, 0.3) is 0 Å². The van der Waals surface area contributed by atoms with Crippen molar-refractivity contribution in [2.75, 3.05) is 26.9 Å². The Morgan fingerprint density at radius 3 is 3.15 bits per heavy atom. The standard InChI is InChI=1S/C16H23NO3/c1-17-11-13-3-2-4-14(9-13)20-15-5-7-19-16(10-15)6-8-18-12-16/h2-4,9,15,17H,5-8,10-12H2,1H3. The minimum atomic E-state index is -0.0918. The van der Waals surface area contributed by atoms with E-state index in [1.807, 2.05) is 13.1 Å². The summed E-state index contributed by atoms with van der Waals surface area (Å²) in [6.45, 7) is 3.16. The summed E-state index contributed by atoms with van der Waals surface area (Å²) < 4.78 is 17.6. The van der Waals surface area contributed by atoms with E-state index in [4.69, 9.17) is 14.2 Å². The molecule has 0 amide bonds.